The number of carbonyl (C=O) groups is 2. The fourth-order valence-corrected chi connectivity index (χ4v) is 3.18. The quantitative estimate of drug-likeness (QED) is 0.643. The minimum Gasteiger partial charge on any atom is -0.481 e. The second-order valence-electron chi connectivity index (χ2n) is 7.29. The van der Waals surface area contributed by atoms with Crippen molar-refractivity contribution in [1.82, 2.24) is 15.1 Å². The van der Waals surface area contributed by atoms with Crippen molar-refractivity contribution >= 4 is 22.6 Å². The Morgan fingerprint density at radius 1 is 1.03 bits per heavy atom. The molecule has 3 aromatic rings. The molecular formula is C22H23N3O4. The Hall–Kier alpha value is -3.48. The molecule has 0 saturated heterocycles. The van der Waals surface area contributed by atoms with Crippen LogP contribution in [0.1, 0.15) is 35.8 Å². The number of carboxylic acids is 1. The number of carbonyl (C=O) groups excluding carboxylic acids is 1. The molecule has 1 heterocycles. The van der Waals surface area contributed by atoms with E-state index in [0.29, 0.717) is 22.9 Å². The third kappa shape index (κ3) is 4.51. The molecule has 0 saturated carbocycles. The minimum absolute atomic E-state index is 0.0858. The predicted octanol–water partition coefficient (Wildman–Crippen LogP) is 2.65. The lowest BCUT2D eigenvalue weighted by Gasteiger charge is -2.15. The normalized spacial score (nSPS) is 12.1. The van der Waals surface area contributed by atoms with Crippen LogP contribution in [-0.4, -0.2) is 33.3 Å². The summed E-state index contributed by atoms with van der Waals surface area (Å²) in [6, 6.07) is 15.5. The van der Waals surface area contributed by atoms with Gasteiger partial charge in [0, 0.05) is 18.5 Å². The Morgan fingerprint density at radius 3 is 2.28 bits per heavy atom. The zero-order chi connectivity index (χ0) is 21.0. The summed E-state index contributed by atoms with van der Waals surface area (Å²) in [6.45, 7) is 4.21. The molecular weight excluding hydrogens is 370 g/mol. The summed E-state index contributed by atoms with van der Waals surface area (Å²) in [4.78, 5) is 37.2. The molecule has 0 aliphatic rings. The lowest BCUT2D eigenvalue weighted by atomic mass is 9.99. The van der Waals surface area contributed by atoms with Crippen LogP contribution < -0.4 is 10.9 Å². The number of carboxylic acid groups (broad SMARTS) is 1. The van der Waals surface area contributed by atoms with E-state index in [2.05, 4.69) is 10.4 Å². The summed E-state index contributed by atoms with van der Waals surface area (Å²) in [5.74, 6) is -2.25. The number of aliphatic carboxylic acids is 1. The third-order valence-corrected chi connectivity index (χ3v) is 4.59. The molecule has 1 atom stereocenters. The number of nitrogens with one attached hydrogen (secondary N) is 1. The Morgan fingerprint density at radius 2 is 1.66 bits per heavy atom. The van der Waals surface area contributed by atoms with Crippen molar-refractivity contribution in [3.8, 4) is 0 Å². The highest BCUT2D eigenvalue weighted by Gasteiger charge is 2.23. The van der Waals surface area contributed by atoms with Gasteiger partial charge in [-0.15, -0.1) is 0 Å². The molecule has 1 aromatic heterocycles. The third-order valence-electron chi connectivity index (χ3n) is 4.59. The number of hydrogen-bond acceptors (Lipinski definition) is 4. The second-order valence-corrected chi connectivity index (χ2v) is 7.29. The van der Waals surface area contributed by atoms with Gasteiger partial charge >= 0.3 is 5.97 Å². The maximum atomic E-state index is 12.9. The van der Waals surface area contributed by atoms with E-state index in [1.807, 2.05) is 13.8 Å². The van der Waals surface area contributed by atoms with Crippen molar-refractivity contribution in [3.05, 3.63) is 76.2 Å². The number of benzene rings is 2. The largest absolute Gasteiger partial charge is 0.481 e. The second kappa shape index (κ2) is 8.68. The molecule has 1 amide bonds. The SMILES string of the molecule is CC(C)Cn1nc(C(=O)NCC(C(=O)O)c2ccccc2)c2ccccc2c1=O. The van der Waals surface area contributed by atoms with E-state index in [-0.39, 0.29) is 23.7 Å². The van der Waals surface area contributed by atoms with Gasteiger partial charge in [0.1, 0.15) is 0 Å². The Balaban J connectivity index is 1.93. The fraction of sp³-hybridized carbons (Fsp3) is 0.273. The van der Waals surface area contributed by atoms with Crippen molar-refractivity contribution in [2.45, 2.75) is 26.3 Å². The molecule has 0 bridgehead atoms. The Kier molecular flexibility index (Phi) is 6.07. The summed E-state index contributed by atoms with van der Waals surface area (Å²) in [5.41, 5.74) is 0.458. The minimum atomic E-state index is -1.03. The number of hydrogen-bond donors (Lipinski definition) is 2. The standard InChI is InChI=1S/C22H23N3O4/c1-14(2)13-25-21(27)17-11-7-6-10-16(17)19(24-25)20(26)23-12-18(22(28)29)15-8-4-3-5-9-15/h3-11,14,18H,12-13H2,1-2H3,(H,23,26)(H,28,29). The number of nitrogens with zero attached hydrogens (tertiary/aromatic N) is 2. The van der Waals surface area contributed by atoms with Crippen LogP contribution in [0, 0.1) is 5.92 Å². The molecule has 2 aromatic carbocycles. The van der Waals surface area contributed by atoms with Crippen molar-refractivity contribution in [2.24, 2.45) is 5.92 Å². The summed E-state index contributed by atoms with van der Waals surface area (Å²) >= 11 is 0. The van der Waals surface area contributed by atoms with Crippen LogP contribution in [0.2, 0.25) is 0 Å². The van der Waals surface area contributed by atoms with Crippen molar-refractivity contribution < 1.29 is 14.7 Å². The Labute approximate surface area is 168 Å². The van der Waals surface area contributed by atoms with Gasteiger partial charge in [0.25, 0.3) is 11.5 Å². The molecule has 0 radical (unpaired) electrons. The van der Waals surface area contributed by atoms with Crippen LogP contribution in [0.15, 0.2) is 59.4 Å². The molecule has 0 fully saturated rings. The first kappa shape index (κ1) is 20.3. The molecule has 7 nitrogen and oxygen atoms in total. The van der Waals surface area contributed by atoms with E-state index in [1.165, 1.54) is 4.68 Å². The van der Waals surface area contributed by atoms with Gasteiger partial charge < -0.3 is 10.4 Å². The van der Waals surface area contributed by atoms with Gasteiger partial charge in [-0.05, 0) is 17.5 Å². The first-order valence-electron chi connectivity index (χ1n) is 9.44. The topological polar surface area (TPSA) is 101 Å². The first-order chi connectivity index (χ1) is 13.9. The van der Waals surface area contributed by atoms with Gasteiger partial charge in [0.2, 0.25) is 0 Å². The maximum absolute atomic E-state index is 12.9. The van der Waals surface area contributed by atoms with E-state index in [9.17, 15) is 19.5 Å². The lowest BCUT2D eigenvalue weighted by molar-refractivity contribution is -0.138. The average Bonchev–Trinajstić information content (AvgIpc) is 2.70. The average molecular weight is 393 g/mol. The number of amides is 1. The molecule has 0 aliphatic carbocycles. The highest BCUT2D eigenvalue weighted by molar-refractivity contribution is 6.04. The summed E-state index contributed by atoms with van der Waals surface area (Å²) < 4.78 is 1.30. The maximum Gasteiger partial charge on any atom is 0.312 e. The van der Waals surface area contributed by atoms with E-state index >= 15 is 0 Å². The van der Waals surface area contributed by atoms with Gasteiger partial charge in [0.05, 0.1) is 11.3 Å². The molecule has 150 valence electrons. The van der Waals surface area contributed by atoms with Crippen molar-refractivity contribution in [1.29, 1.82) is 0 Å². The molecule has 3 rings (SSSR count). The summed E-state index contributed by atoms with van der Waals surface area (Å²) in [5, 5.41) is 17.4. The highest BCUT2D eigenvalue weighted by Crippen LogP contribution is 2.17. The monoisotopic (exact) mass is 393 g/mol. The first-order valence-corrected chi connectivity index (χ1v) is 9.44. The van der Waals surface area contributed by atoms with E-state index in [4.69, 9.17) is 0 Å². The van der Waals surface area contributed by atoms with Gasteiger partial charge in [0.15, 0.2) is 5.69 Å². The molecule has 0 aliphatic heterocycles. The van der Waals surface area contributed by atoms with Gasteiger partial charge in [-0.25, -0.2) is 4.68 Å². The fourth-order valence-electron chi connectivity index (χ4n) is 3.18. The highest BCUT2D eigenvalue weighted by atomic mass is 16.4. The number of aromatic nitrogens is 2. The Bertz CT molecular complexity index is 1090. The summed E-state index contributed by atoms with van der Waals surface area (Å²) in [6.07, 6.45) is 0. The number of rotatable bonds is 7. The molecule has 2 N–H and O–H groups in total. The summed E-state index contributed by atoms with van der Waals surface area (Å²) in [7, 11) is 0. The lowest BCUT2D eigenvalue weighted by Crippen LogP contribution is -2.35. The molecule has 0 spiro atoms. The molecule has 29 heavy (non-hydrogen) atoms. The zero-order valence-corrected chi connectivity index (χ0v) is 16.3. The number of fused-ring (bicyclic) bond motifs is 1. The van der Waals surface area contributed by atoms with E-state index < -0.39 is 17.8 Å². The van der Waals surface area contributed by atoms with Crippen LogP contribution in [0.5, 0.6) is 0 Å². The molecule has 1 unspecified atom stereocenters. The van der Waals surface area contributed by atoms with Gasteiger partial charge in [-0.1, -0.05) is 62.4 Å². The van der Waals surface area contributed by atoms with Crippen LogP contribution in [0.4, 0.5) is 0 Å². The van der Waals surface area contributed by atoms with Crippen molar-refractivity contribution in [3.63, 3.8) is 0 Å². The van der Waals surface area contributed by atoms with Crippen LogP contribution in [-0.2, 0) is 11.3 Å². The van der Waals surface area contributed by atoms with Gasteiger partial charge in [-0.3, -0.25) is 14.4 Å². The van der Waals surface area contributed by atoms with Crippen LogP contribution in [0.3, 0.4) is 0 Å². The smallest absolute Gasteiger partial charge is 0.312 e. The van der Waals surface area contributed by atoms with Gasteiger partial charge in [-0.2, -0.15) is 5.10 Å². The van der Waals surface area contributed by atoms with Crippen LogP contribution >= 0.6 is 0 Å². The predicted molar refractivity (Wildman–Crippen MR) is 110 cm³/mol. The van der Waals surface area contributed by atoms with Crippen molar-refractivity contribution in [2.75, 3.05) is 6.54 Å². The van der Waals surface area contributed by atoms with Crippen LogP contribution in [0.25, 0.3) is 10.8 Å². The van der Waals surface area contributed by atoms with E-state index in [1.54, 1.807) is 54.6 Å². The molecule has 7 heteroatoms. The van der Waals surface area contributed by atoms with E-state index in [0.717, 1.165) is 0 Å². The zero-order valence-electron chi connectivity index (χ0n) is 16.3.